The van der Waals surface area contributed by atoms with Gasteiger partial charge in [0.2, 0.25) is 0 Å². The molecular weight excluding hydrogens is 226 g/mol. The largest absolute Gasteiger partial charge is 0.436 e. The molecule has 2 aromatic rings. The number of nitrogen functional groups attached to an aromatic ring is 1. The van der Waals surface area contributed by atoms with Gasteiger partial charge in [-0.15, -0.1) is 0 Å². The second-order valence-electron chi connectivity index (χ2n) is 3.57. The number of aromatic nitrogens is 1. The molecule has 0 saturated heterocycles. The number of hydrogen-bond acceptors (Lipinski definition) is 3. The summed E-state index contributed by atoms with van der Waals surface area (Å²) in [5.74, 6) is -1.43. The summed E-state index contributed by atoms with van der Waals surface area (Å²) in [4.78, 5) is 3.53. The van der Waals surface area contributed by atoms with E-state index in [2.05, 4.69) is 4.98 Å². The number of nitrogens with zero attached hydrogens (tertiary/aromatic N) is 1. The Morgan fingerprint density at radius 2 is 2.00 bits per heavy atom. The van der Waals surface area contributed by atoms with Gasteiger partial charge in [-0.25, -0.2) is 13.8 Å². The van der Waals surface area contributed by atoms with Gasteiger partial charge in [-0.05, 0) is 30.7 Å². The maximum absolute atomic E-state index is 13.3. The molecule has 0 spiro atoms. The molecule has 1 aromatic carbocycles. The van der Waals surface area contributed by atoms with Gasteiger partial charge in [-0.2, -0.15) is 0 Å². The third-order valence-corrected chi connectivity index (χ3v) is 2.18. The van der Waals surface area contributed by atoms with Crippen molar-refractivity contribution in [1.82, 2.24) is 4.98 Å². The summed E-state index contributed by atoms with van der Waals surface area (Å²) in [5, 5.41) is 0. The molecule has 0 aliphatic carbocycles. The lowest BCUT2D eigenvalue weighted by molar-refractivity contribution is 0.414. The molecule has 5 heteroatoms. The van der Waals surface area contributed by atoms with Crippen LogP contribution in [0.5, 0.6) is 11.6 Å². The van der Waals surface area contributed by atoms with Gasteiger partial charge in [-0.3, -0.25) is 0 Å². The molecule has 0 aliphatic rings. The van der Waals surface area contributed by atoms with E-state index < -0.39 is 11.6 Å². The number of hydrogen-bond donors (Lipinski definition) is 1. The maximum Gasteiger partial charge on any atom is 0.256 e. The van der Waals surface area contributed by atoms with Crippen LogP contribution in [0.3, 0.4) is 0 Å². The summed E-state index contributed by atoms with van der Waals surface area (Å²) >= 11 is 0. The van der Waals surface area contributed by atoms with Crippen LogP contribution in [-0.2, 0) is 0 Å². The first-order valence-electron chi connectivity index (χ1n) is 4.91. The second-order valence-corrected chi connectivity index (χ2v) is 3.57. The van der Waals surface area contributed by atoms with Gasteiger partial charge in [0.05, 0.1) is 6.20 Å². The van der Waals surface area contributed by atoms with Gasteiger partial charge in [-0.1, -0.05) is 0 Å². The van der Waals surface area contributed by atoms with E-state index in [0.29, 0.717) is 11.4 Å². The second kappa shape index (κ2) is 4.37. The Hall–Kier alpha value is -2.17. The van der Waals surface area contributed by atoms with Gasteiger partial charge >= 0.3 is 0 Å². The lowest BCUT2D eigenvalue weighted by atomic mass is 10.2. The minimum absolute atomic E-state index is 0.265. The van der Waals surface area contributed by atoms with Crippen LogP contribution in [0.2, 0.25) is 0 Å². The van der Waals surface area contributed by atoms with Crippen LogP contribution < -0.4 is 10.5 Å². The zero-order valence-electron chi connectivity index (χ0n) is 9.08. The molecular formula is C12H10F2N2O. The van der Waals surface area contributed by atoms with E-state index in [0.717, 1.165) is 17.8 Å². The average molecular weight is 236 g/mol. The minimum atomic E-state index is -0.846. The van der Waals surface area contributed by atoms with Crippen molar-refractivity contribution >= 4 is 5.69 Å². The van der Waals surface area contributed by atoms with Crippen molar-refractivity contribution in [3.05, 3.63) is 47.7 Å². The average Bonchev–Trinajstić information content (AvgIpc) is 2.25. The third-order valence-electron chi connectivity index (χ3n) is 2.18. The minimum Gasteiger partial charge on any atom is -0.436 e. The predicted molar refractivity (Wildman–Crippen MR) is 59.8 cm³/mol. The maximum atomic E-state index is 13.3. The van der Waals surface area contributed by atoms with E-state index in [1.54, 1.807) is 25.1 Å². The quantitative estimate of drug-likeness (QED) is 0.815. The Kier molecular flexibility index (Phi) is 2.91. The van der Waals surface area contributed by atoms with E-state index in [1.807, 2.05) is 0 Å². The van der Waals surface area contributed by atoms with Crippen molar-refractivity contribution in [3.63, 3.8) is 0 Å². The number of benzene rings is 1. The van der Waals surface area contributed by atoms with E-state index in [-0.39, 0.29) is 5.88 Å². The molecule has 2 N–H and O–H groups in total. The fraction of sp³-hybridized carbons (Fsp3) is 0.0833. The van der Waals surface area contributed by atoms with E-state index in [1.165, 1.54) is 0 Å². The van der Waals surface area contributed by atoms with Gasteiger partial charge in [0.25, 0.3) is 5.88 Å². The first-order valence-corrected chi connectivity index (χ1v) is 4.91. The normalized spacial score (nSPS) is 10.3. The SMILES string of the molecule is Cc1cc(N)ccc1Oc1ncc(F)cc1F. The summed E-state index contributed by atoms with van der Waals surface area (Å²) in [6, 6.07) is 5.64. The summed E-state index contributed by atoms with van der Waals surface area (Å²) < 4.78 is 31.2. The zero-order valence-corrected chi connectivity index (χ0v) is 9.08. The molecule has 0 unspecified atom stereocenters. The highest BCUT2D eigenvalue weighted by molar-refractivity contribution is 5.48. The lowest BCUT2D eigenvalue weighted by Crippen LogP contribution is -1.95. The molecule has 0 radical (unpaired) electrons. The van der Waals surface area contributed by atoms with E-state index >= 15 is 0 Å². The Labute approximate surface area is 96.9 Å². The molecule has 88 valence electrons. The Bertz CT molecular complexity index is 509. The number of aryl methyl sites for hydroxylation is 1. The number of ether oxygens (including phenoxy) is 1. The smallest absolute Gasteiger partial charge is 0.256 e. The molecule has 1 heterocycles. The molecule has 0 atom stereocenters. The van der Waals surface area contributed by atoms with Crippen molar-refractivity contribution in [1.29, 1.82) is 0 Å². The number of anilines is 1. The molecule has 0 aliphatic heterocycles. The van der Waals surface area contributed by atoms with Crippen LogP contribution >= 0.6 is 0 Å². The summed E-state index contributed by atoms with van der Waals surface area (Å²) in [5.41, 5.74) is 6.91. The van der Waals surface area contributed by atoms with Crippen LogP contribution in [0.4, 0.5) is 14.5 Å². The van der Waals surface area contributed by atoms with Crippen LogP contribution in [0, 0.1) is 18.6 Å². The van der Waals surface area contributed by atoms with Gasteiger partial charge in [0.1, 0.15) is 11.6 Å². The van der Waals surface area contributed by atoms with E-state index in [4.69, 9.17) is 10.5 Å². The molecule has 0 saturated carbocycles. The summed E-state index contributed by atoms with van der Waals surface area (Å²) in [6.07, 6.45) is 0.894. The predicted octanol–water partition coefficient (Wildman–Crippen LogP) is 3.04. The molecule has 17 heavy (non-hydrogen) atoms. The Morgan fingerprint density at radius 1 is 1.24 bits per heavy atom. The van der Waals surface area contributed by atoms with Gasteiger partial charge in [0.15, 0.2) is 5.82 Å². The number of pyridine rings is 1. The molecule has 2 rings (SSSR count). The molecule has 0 amide bonds. The molecule has 0 bridgehead atoms. The monoisotopic (exact) mass is 236 g/mol. The zero-order chi connectivity index (χ0) is 12.4. The van der Waals surface area contributed by atoms with Gasteiger partial charge < -0.3 is 10.5 Å². The van der Waals surface area contributed by atoms with Crippen molar-refractivity contribution in [3.8, 4) is 11.6 Å². The number of rotatable bonds is 2. The summed E-state index contributed by atoms with van der Waals surface area (Å²) in [6.45, 7) is 1.77. The molecule has 0 fully saturated rings. The van der Waals surface area contributed by atoms with Gasteiger partial charge in [0, 0.05) is 11.8 Å². The highest BCUT2D eigenvalue weighted by Gasteiger charge is 2.09. The topological polar surface area (TPSA) is 48.1 Å². The highest BCUT2D eigenvalue weighted by atomic mass is 19.1. The fourth-order valence-electron chi connectivity index (χ4n) is 1.37. The van der Waals surface area contributed by atoms with E-state index in [9.17, 15) is 8.78 Å². The van der Waals surface area contributed by atoms with Crippen LogP contribution in [-0.4, -0.2) is 4.98 Å². The standard InChI is InChI=1S/C12H10F2N2O/c1-7-4-9(15)2-3-11(7)17-12-10(14)5-8(13)6-16-12/h2-6H,15H2,1H3. The Balaban J connectivity index is 2.31. The fourth-order valence-corrected chi connectivity index (χ4v) is 1.37. The van der Waals surface area contributed by atoms with Crippen molar-refractivity contribution in [2.45, 2.75) is 6.92 Å². The first-order chi connectivity index (χ1) is 8.06. The van der Waals surface area contributed by atoms with Crippen molar-refractivity contribution in [2.75, 3.05) is 5.73 Å². The summed E-state index contributed by atoms with van der Waals surface area (Å²) in [7, 11) is 0. The van der Waals surface area contributed by atoms with Crippen LogP contribution in [0.25, 0.3) is 0 Å². The number of nitrogens with two attached hydrogens (primary N) is 1. The molecule has 3 nitrogen and oxygen atoms in total. The lowest BCUT2D eigenvalue weighted by Gasteiger charge is -2.08. The van der Waals surface area contributed by atoms with Crippen LogP contribution in [0.15, 0.2) is 30.5 Å². The Morgan fingerprint density at radius 3 is 2.65 bits per heavy atom. The first kappa shape index (κ1) is 11.3. The highest BCUT2D eigenvalue weighted by Crippen LogP contribution is 2.26. The number of halogens is 2. The van der Waals surface area contributed by atoms with Crippen LogP contribution in [0.1, 0.15) is 5.56 Å². The van der Waals surface area contributed by atoms with Crippen molar-refractivity contribution < 1.29 is 13.5 Å². The van der Waals surface area contributed by atoms with Crippen molar-refractivity contribution in [2.24, 2.45) is 0 Å². The third kappa shape index (κ3) is 2.50. The molecule has 1 aromatic heterocycles.